The van der Waals surface area contributed by atoms with Crippen molar-refractivity contribution in [3.8, 4) is 0 Å². The summed E-state index contributed by atoms with van der Waals surface area (Å²) in [5.41, 5.74) is 16.6. The van der Waals surface area contributed by atoms with Gasteiger partial charge in [-0.1, -0.05) is 66.7 Å². The van der Waals surface area contributed by atoms with Crippen molar-refractivity contribution in [1.29, 1.82) is 0 Å². The lowest BCUT2D eigenvalue weighted by Gasteiger charge is -2.11. The minimum Gasteiger partial charge on any atom is -0.478 e. The number of Topliss-reactive ketones (excluding diaryl/α,β-unsaturated/α-hetero) is 1. The lowest BCUT2D eigenvalue weighted by molar-refractivity contribution is 0.0696. The molecule has 0 atom stereocenters. The number of aromatic carboxylic acids is 1. The van der Waals surface area contributed by atoms with Crippen molar-refractivity contribution >= 4 is 114 Å². The smallest absolute Gasteiger partial charge is 0.335 e. The SMILES string of the molecule is CC(=O)c1ccc2nccc(Nc3ccc(C(=O)Nc4ccc(Cc5ccncc5)cc4)cc3)c2c1.O=C(Nc1ccc(Cc2ccccc2)cc1)c1ccc(Nc2ccnc3ccc(F)cc23)nc1.O=C(O)c1ccc2nccc(Nc3ccc(C(=O)Nc4ccc(Cc5ccncc5)cc4)cn3)c2c1. The van der Waals surface area contributed by atoms with Gasteiger partial charge in [0.2, 0.25) is 0 Å². The van der Waals surface area contributed by atoms with Crippen LogP contribution in [0.25, 0.3) is 32.7 Å². The molecule has 0 radical (unpaired) electrons. The second kappa shape index (κ2) is 33.3. The van der Waals surface area contributed by atoms with E-state index in [1.54, 1.807) is 123 Å². The highest BCUT2D eigenvalue weighted by Crippen LogP contribution is 2.30. The number of anilines is 9. The lowest BCUT2D eigenvalue weighted by atomic mass is 10.0. The fourth-order valence-corrected chi connectivity index (χ4v) is 11.5. The molecule has 0 aliphatic heterocycles. The molecule has 15 rings (SSSR count). The molecule has 0 aliphatic rings. The summed E-state index contributed by atoms with van der Waals surface area (Å²) in [5.74, 6) is -0.976. The highest BCUT2D eigenvalue weighted by molar-refractivity contribution is 6.07. The molecule has 0 fully saturated rings. The van der Waals surface area contributed by atoms with Gasteiger partial charge in [0.15, 0.2) is 5.78 Å². The molecule has 3 amide bonds. The van der Waals surface area contributed by atoms with Crippen molar-refractivity contribution in [2.75, 3.05) is 31.9 Å². The van der Waals surface area contributed by atoms with Crippen LogP contribution in [0.4, 0.5) is 55.8 Å². The highest BCUT2D eigenvalue weighted by atomic mass is 19.1. The molecule has 19 nitrogen and oxygen atoms in total. The number of pyridine rings is 7. The molecular formula is C86H66FN13O6. The summed E-state index contributed by atoms with van der Waals surface area (Å²) in [4.78, 5) is 90.9. The third kappa shape index (κ3) is 18.5. The number of carboxylic acid groups (broad SMARTS) is 1. The lowest BCUT2D eigenvalue weighted by Crippen LogP contribution is -2.12. The molecule has 0 saturated heterocycles. The Kier molecular flexibility index (Phi) is 22.0. The Morgan fingerprint density at radius 3 is 1.11 bits per heavy atom. The van der Waals surface area contributed by atoms with Crippen molar-refractivity contribution in [1.82, 2.24) is 34.9 Å². The normalized spacial score (nSPS) is 10.7. The fourth-order valence-electron chi connectivity index (χ4n) is 11.5. The van der Waals surface area contributed by atoms with E-state index in [-0.39, 0.29) is 34.9 Å². The van der Waals surface area contributed by atoms with Gasteiger partial charge in [-0.2, -0.15) is 0 Å². The molecule has 20 heteroatoms. The Balaban J connectivity index is 0.000000141. The highest BCUT2D eigenvalue weighted by Gasteiger charge is 2.15. The van der Waals surface area contributed by atoms with Gasteiger partial charge in [0.25, 0.3) is 17.7 Å². The van der Waals surface area contributed by atoms with Gasteiger partial charge in [-0.3, -0.25) is 44.1 Å². The van der Waals surface area contributed by atoms with Gasteiger partial charge in [0, 0.05) is 111 Å². The molecule has 7 N–H and O–H groups in total. The van der Waals surface area contributed by atoms with Gasteiger partial charge in [0.1, 0.15) is 17.5 Å². The van der Waals surface area contributed by atoms with Crippen LogP contribution in [0.5, 0.6) is 0 Å². The predicted octanol–water partition coefficient (Wildman–Crippen LogP) is 18.1. The van der Waals surface area contributed by atoms with E-state index in [1.165, 1.54) is 52.8 Å². The summed E-state index contributed by atoms with van der Waals surface area (Å²) in [5, 5.41) is 29.9. The van der Waals surface area contributed by atoms with E-state index in [2.05, 4.69) is 78.9 Å². The van der Waals surface area contributed by atoms with Crippen molar-refractivity contribution in [3.63, 3.8) is 0 Å². The van der Waals surface area contributed by atoms with E-state index in [0.29, 0.717) is 78.4 Å². The molecule has 15 aromatic rings. The average Bonchev–Trinajstić information content (AvgIpc) is 0.810. The minimum atomic E-state index is -1.01. The number of hydrogen-bond acceptors (Lipinski definition) is 15. The van der Waals surface area contributed by atoms with E-state index in [9.17, 15) is 33.5 Å². The summed E-state index contributed by atoms with van der Waals surface area (Å²) < 4.78 is 13.7. The van der Waals surface area contributed by atoms with E-state index in [1.807, 2.05) is 146 Å². The van der Waals surface area contributed by atoms with Gasteiger partial charge in [-0.05, 0) is 242 Å². The molecule has 0 spiro atoms. The molecule has 7 aromatic heterocycles. The van der Waals surface area contributed by atoms with E-state index in [4.69, 9.17) is 0 Å². The molecule has 0 saturated carbocycles. The van der Waals surface area contributed by atoms with E-state index in [0.717, 1.165) is 58.4 Å². The van der Waals surface area contributed by atoms with Crippen LogP contribution in [0.2, 0.25) is 0 Å². The van der Waals surface area contributed by atoms with Crippen molar-refractivity contribution in [3.05, 3.63) is 372 Å². The maximum Gasteiger partial charge on any atom is 0.335 e. The maximum absolute atomic E-state index is 13.7. The van der Waals surface area contributed by atoms with Crippen molar-refractivity contribution in [2.45, 2.75) is 26.2 Å². The number of aromatic nitrogens is 7. The van der Waals surface area contributed by atoms with Crippen LogP contribution in [0.3, 0.4) is 0 Å². The van der Waals surface area contributed by atoms with Gasteiger partial charge < -0.3 is 37.0 Å². The molecule has 7 heterocycles. The van der Waals surface area contributed by atoms with Crippen molar-refractivity contribution in [2.24, 2.45) is 0 Å². The zero-order valence-electron chi connectivity index (χ0n) is 57.0. The summed E-state index contributed by atoms with van der Waals surface area (Å²) in [7, 11) is 0. The number of ketones is 1. The number of rotatable bonds is 20. The number of nitrogens with one attached hydrogen (secondary N) is 6. The van der Waals surface area contributed by atoms with Crippen LogP contribution < -0.4 is 31.9 Å². The summed E-state index contributed by atoms with van der Waals surface area (Å²) in [6.45, 7) is 1.55. The first-order valence-corrected chi connectivity index (χ1v) is 33.7. The third-order valence-corrected chi connectivity index (χ3v) is 17.0. The molecule has 0 unspecified atom stereocenters. The third-order valence-electron chi connectivity index (χ3n) is 17.0. The Morgan fingerprint density at radius 2 is 0.689 bits per heavy atom. The van der Waals surface area contributed by atoms with Crippen molar-refractivity contribution < 1.29 is 33.5 Å². The van der Waals surface area contributed by atoms with Crippen LogP contribution in [0, 0.1) is 5.82 Å². The van der Waals surface area contributed by atoms with E-state index < -0.39 is 5.97 Å². The first-order chi connectivity index (χ1) is 51.7. The molecular weight excluding hydrogens is 1330 g/mol. The quantitative estimate of drug-likeness (QED) is 0.0350. The van der Waals surface area contributed by atoms with Crippen LogP contribution in [0.15, 0.2) is 304 Å². The average molecular weight is 1400 g/mol. The first kappa shape index (κ1) is 69.9. The summed E-state index contributed by atoms with van der Waals surface area (Å²) >= 11 is 0. The molecule has 518 valence electrons. The van der Waals surface area contributed by atoms with Crippen LogP contribution in [-0.2, 0) is 19.3 Å². The van der Waals surface area contributed by atoms with Gasteiger partial charge in [-0.15, -0.1) is 0 Å². The Labute approximate surface area is 608 Å². The first-order valence-electron chi connectivity index (χ1n) is 33.7. The topological polar surface area (TPSA) is 268 Å². The molecule has 106 heavy (non-hydrogen) atoms. The Morgan fingerprint density at radius 1 is 0.330 bits per heavy atom. The number of carbonyl (C=O) groups is 5. The number of carbonyl (C=O) groups excluding carboxylic acids is 4. The number of fused-ring (bicyclic) bond motifs is 3. The zero-order valence-corrected chi connectivity index (χ0v) is 57.0. The van der Waals surface area contributed by atoms with Crippen LogP contribution >= 0.6 is 0 Å². The number of carboxylic acids is 1. The standard InChI is InChI=1S/C30H24N4O2.C28H21FN4O.C28H21N5O3/c1-20(35)24-6-11-28-27(19-24)29(14-17-32-28)33-25-9-4-23(5-10-25)30(36)34-26-7-2-21(3-8-26)18-22-12-15-31-16-13-22;29-22-9-12-25-24(17-22)26(14-15-30-25)33-27-13-8-21(18-31-27)28(34)32-23-10-6-20(7-11-23)16-19-4-2-1-3-5-19;34-27(32-22-5-1-18(2-6-22)15-19-9-12-29-13-10-19)21-4-8-26(31-17-21)33-25-11-14-30-24-7-3-20(28(35)36)16-23(24)25/h2-17,19H,18H2,1H3,(H,32,33)(H,34,36);1-15,17-18H,16H2,(H,32,34)(H,30,31,33);1-14,16-17H,15H2,(H,32,34)(H,35,36)(H,30,31,33). The summed E-state index contributed by atoms with van der Waals surface area (Å²) in [6.07, 6.45) is 17.6. The zero-order chi connectivity index (χ0) is 73.1. The fraction of sp³-hybridized carbons (Fsp3) is 0.0465. The van der Waals surface area contributed by atoms with Crippen LogP contribution in [-0.4, -0.2) is 69.5 Å². The monoisotopic (exact) mass is 1400 g/mol. The number of amides is 3. The minimum absolute atomic E-state index is 0.00505. The van der Waals surface area contributed by atoms with Gasteiger partial charge in [0.05, 0.1) is 44.6 Å². The predicted molar refractivity (Wildman–Crippen MR) is 413 cm³/mol. The van der Waals surface area contributed by atoms with Crippen LogP contribution in [0.1, 0.15) is 92.1 Å². The molecule has 8 aromatic carbocycles. The van der Waals surface area contributed by atoms with Gasteiger partial charge >= 0.3 is 5.97 Å². The second-order valence-corrected chi connectivity index (χ2v) is 24.6. The molecule has 0 aliphatic carbocycles. The maximum atomic E-state index is 13.7. The Hall–Kier alpha value is -14.5. The second-order valence-electron chi connectivity index (χ2n) is 24.6. The molecule has 0 bridgehead atoms. The number of benzene rings is 8. The Bertz CT molecular complexity index is 5380. The van der Waals surface area contributed by atoms with Gasteiger partial charge in [-0.25, -0.2) is 19.2 Å². The van der Waals surface area contributed by atoms with E-state index >= 15 is 0 Å². The number of nitrogens with zero attached hydrogens (tertiary/aromatic N) is 7. The number of halogens is 1. The summed E-state index contributed by atoms with van der Waals surface area (Å²) in [6, 6.07) is 75.6. The largest absolute Gasteiger partial charge is 0.478 e. The number of hydrogen-bond donors (Lipinski definition) is 7.